The average molecular weight is 507 g/mol. The second kappa shape index (κ2) is 8.39. The van der Waals surface area contributed by atoms with Crippen molar-refractivity contribution in [1.29, 1.82) is 0 Å². The largest absolute Gasteiger partial charge is 0.497 e. The summed E-state index contributed by atoms with van der Waals surface area (Å²) in [5, 5.41) is 9.30. The van der Waals surface area contributed by atoms with Crippen LogP contribution in [0.4, 0.5) is 0 Å². The Hall–Kier alpha value is -5.23. The lowest BCUT2D eigenvalue weighted by molar-refractivity contribution is 0.414. The molecule has 1 aliphatic heterocycles. The fraction of sp³-hybridized carbons (Fsp3) is 0.0606. The van der Waals surface area contributed by atoms with Gasteiger partial charge < -0.3 is 9.47 Å². The Labute approximate surface area is 224 Å². The van der Waals surface area contributed by atoms with E-state index in [2.05, 4.69) is 60.7 Å². The first-order valence-corrected chi connectivity index (χ1v) is 12.9. The number of fused-ring (bicyclic) bond motifs is 7. The van der Waals surface area contributed by atoms with Crippen LogP contribution in [-0.2, 0) is 0 Å². The van der Waals surface area contributed by atoms with Crippen molar-refractivity contribution in [2.24, 2.45) is 0 Å². The van der Waals surface area contributed by atoms with Crippen LogP contribution in [0, 0.1) is 0 Å². The predicted octanol–water partition coefficient (Wildman–Crippen LogP) is 7.39. The van der Waals surface area contributed by atoms with Crippen molar-refractivity contribution in [3.63, 3.8) is 0 Å². The second-order valence-electron chi connectivity index (χ2n) is 9.71. The molecule has 39 heavy (non-hydrogen) atoms. The summed E-state index contributed by atoms with van der Waals surface area (Å²) >= 11 is 0. The number of benzene rings is 5. The van der Waals surface area contributed by atoms with Crippen molar-refractivity contribution in [2.75, 3.05) is 7.11 Å². The number of hydrogen-bond acceptors (Lipinski definition) is 5. The zero-order chi connectivity index (χ0) is 25.9. The van der Waals surface area contributed by atoms with Crippen LogP contribution in [0.25, 0.3) is 38.6 Å². The molecule has 0 bridgehead atoms. The van der Waals surface area contributed by atoms with E-state index >= 15 is 0 Å². The van der Waals surface area contributed by atoms with Gasteiger partial charge in [-0.3, -0.25) is 0 Å². The standard InChI is InChI=1S/C33H22N4O2/c1-38-23-16-13-22(14-17-23)28-27-18-15-21-8-3-5-11-25(21)30(27)39-33-29(28)32-35-31(36-37(32)19-34-33)26-12-6-9-20-7-2-4-10-24(20)26/h2-19,28H,1H3/t28-/m0/s1. The first-order chi connectivity index (χ1) is 19.3. The molecule has 0 fully saturated rings. The topological polar surface area (TPSA) is 61.5 Å². The molecule has 6 heteroatoms. The SMILES string of the molecule is COc1ccc([C@H]2c3ccc4ccccc4c3Oc3ncn4nc(-c5cccc6ccccc56)nc4c32)cc1. The zero-order valence-corrected chi connectivity index (χ0v) is 21.1. The molecule has 8 rings (SSSR count). The first-order valence-electron chi connectivity index (χ1n) is 12.9. The molecule has 0 saturated carbocycles. The van der Waals surface area contributed by atoms with Crippen LogP contribution in [0.15, 0.2) is 109 Å². The third kappa shape index (κ3) is 3.31. The fourth-order valence-electron chi connectivity index (χ4n) is 5.72. The average Bonchev–Trinajstić information content (AvgIpc) is 3.44. The molecule has 2 aromatic heterocycles. The molecule has 5 aromatic carbocycles. The Morgan fingerprint density at radius 2 is 1.51 bits per heavy atom. The van der Waals surface area contributed by atoms with Crippen molar-refractivity contribution in [3.8, 4) is 28.8 Å². The summed E-state index contributed by atoms with van der Waals surface area (Å²) in [7, 11) is 1.68. The number of rotatable bonds is 3. The quantitative estimate of drug-likeness (QED) is 0.250. The van der Waals surface area contributed by atoms with Gasteiger partial charge in [0.25, 0.3) is 0 Å². The van der Waals surface area contributed by atoms with Crippen LogP contribution >= 0.6 is 0 Å². The third-order valence-electron chi connectivity index (χ3n) is 7.58. The molecular formula is C33H22N4O2. The highest BCUT2D eigenvalue weighted by Gasteiger charge is 2.34. The maximum Gasteiger partial charge on any atom is 0.228 e. The summed E-state index contributed by atoms with van der Waals surface area (Å²) in [5.74, 6) is 2.68. The minimum atomic E-state index is -0.153. The number of nitrogens with zero attached hydrogens (tertiary/aromatic N) is 4. The minimum Gasteiger partial charge on any atom is -0.497 e. The molecule has 0 saturated heterocycles. The summed E-state index contributed by atoms with van der Waals surface area (Å²) in [5.41, 5.74) is 4.76. The lowest BCUT2D eigenvalue weighted by atomic mass is 9.83. The molecule has 3 heterocycles. The van der Waals surface area contributed by atoms with E-state index in [1.54, 1.807) is 18.0 Å². The van der Waals surface area contributed by atoms with E-state index < -0.39 is 0 Å². The molecular weight excluding hydrogens is 484 g/mol. The van der Waals surface area contributed by atoms with Gasteiger partial charge in [-0.05, 0) is 33.9 Å². The molecule has 0 radical (unpaired) electrons. The van der Waals surface area contributed by atoms with E-state index in [-0.39, 0.29) is 5.92 Å². The molecule has 0 N–H and O–H groups in total. The van der Waals surface area contributed by atoms with Gasteiger partial charge in [0.15, 0.2) is 11.5 Å². The normalized spacial score (nSPS) is 14.2. The van der Waals surface area contributed by atoms with Gasteiger partial charge >= 0.3 is 0 Å². The van der Waals surface area contributed by atoms with Crippen LogP contribution in [0.5, 0.6) is 17.4 Å². The molecule has 0 unspecified atom stereocenters. The van der Waals surface area contributed by atoms with Crippen molar-refractivity contribution < 1.29 is 9.47 Å². The highest BCUT2D eigenvalue weighted by atomic mass is 16.5. The van der Waals surface area contributed by atoms with E-state index in [0.29, 0.717) is 11.7 Å². The number of ether oxygens (including phenoxy) is 2. The summed E-state index contributed by atoms with van der Waals surface area (Å²) in [6, 6.07) is 35.3. The van der Waals surface area contributed by atoms with Gasteiger partial charge in [0, 0.05) is 22.4 Å². The third-order valence-corrected chi connectivity index (χ3v) is 7.58. The van der Waals surface area contributed by atoms with Crippen LogP contribution < -0.4 is 9.47 Å². The van der Waals surface area contributed by atoms with Crippen LogP contribution in [0.3, 0.4) is 0 Å². The van der Waals surface area contributed by atoms with E-state index in [1.807, 2.05) is 42.5 Å². The maximum atomic E-state index is 6.56. The Morgan fingerprint density at radius 3 is 2.33 bits per heavy atom. The summed E-state index contributed by atoms with van der Waals surface area (Å²) < 4.78 is 13.8. The van der Waals surface area contributed by atoms with E-state index in [4.69, 9.17) is 24.5 Å². The van der Waals surface area contributed by atoms with Gasteiger partial charge in [0.1, 0.15) is 17.8 Å². The van der Waals surface area contributed by atoms with Gasteiger partial charge in [0.2, 0.25) is 5.88 Å². The second-order valence-corrected chi connectivity index (χ2v) is 9.71. The highest BCUT2D eigenvalue weighted by Crippen LogP contribution is 2.50. The van der Waals surface area contributed by atoms with Crippen molar-refractivity contribution >= 4 is 27.2 Å². The number of aromatic nitrogens is 4. The summed E-state index contributed by atoms with van der Waals surface area (Å²) in [4.78, 5) is 9.84. The smallest absolute Gasteiger partial charge is 0.228 e. The monoisotopic (exact) mass is 506 g/mol. The Bertz CT molecular complexity index is 2040. The summed E-state index contributed by atoms with van der Waals surface area (Å²) in [6.45, 7) is 0. The lowest BCUT2D eigenvalue weighted by Crippen LogP contribution is -2.15. The Balaban J connectivity index is 1.39. The van der Waals surface area contributed by atoms with Crippen molar-refractivity contribution in [2.45, 2.75) is 5.92 Å². The Morgan fingerprint density at radius 1 is 0.769 bits per heavy atom. The summed E-state index contributed by atoms with van der Waals surface area (Å²) in [6.07, 6.45) is 1.69. The van der Waals surface area contributed by atoms with Gasteiger partial charge in [0.05, 0.1) is 12.7 Å². The fourth-order valence-corrected chi connectivity index (χ4v) is 5.72. The van der Waals surface area contributed by atoms with Gasteiger partial charge in [-0.25, -0.2) is 14.5 Å². The van der Waals surface area contributed by atoms with Gasteiger partial charge in [-0.2, -0.15) is 0 Å². The molecule has 0 spiro atoms. The van der Waals surface area contributed by atoms with Gasteiger partial charge in [-0.1, -0.05) is 91.0 Å². The van der Waals surface area contributed by atoms with Crippen molar-refractivity contribution in [1.82, 2.24) is 19.6 Å². The molecule has 0 aliphatic carbocycles. The van der Waals surface area contributed by atoms with E-state index in [9.17, 15) is 0 Å². The Kier molecular flexibility index (Phi) is 4.70. The van der Waals surface area contributed by atoms with Crippen LogP contribution in [0.2, 0.25) is 0 Å². The molecule has 186 valence electrons. The number of methoxy groups -OCH3 is 1. The molecule has 6 nitrogen and oxygen atoms in total. The number of hydrogen-bond donors (Lipinski definition) is 0. The molecule has 7 aromatic rings. The highest BCUT2D eigenvalue weighted by molar-refractivity contribution is 5.95. The van der Waals surface area contributed by atoms with Crippen molar-refractivity contribution in [3.05, 3.63) is 126 Å². The van der Waals surface area contributed by atoms with E-state index in [0.717, 1.165) is 60.9 Å². The molecule has 1 atom stereocenters. The predicted molar refractivity (Wildman–Crippen MR) is 152 cm³/mol. The zero-order valence-electron chi connectivity index (χ0n) is 21.1. The van der Waals surface area contributed by atoms with Gasteiger partial charge in [-0.15, -0.1) is 5.10 Å². The first kappa shape index (κ1) is 21.8. The molecule has 1 aliphatic rings. The van der Waals surface area contributed by atoms with E-state index in [1.165, 1.54) is 0 Å². The molecule has 0 amide bonds. The van der Waals surface area contributed by atoms with Crippen LogP contribution in [-0.4, -0.2) is 26.7 Å². The maximum absolute atomic E-state index is 6.56. The minimum absolute atomic E-state index is 0.153. The van der Waals surface area contributed by atoms with Crippen LogP contribution in [0.1, 0.15) is 22.6 Å². The lowest BCUT2D eigenvalue weighted by Gasteiger charge is -2.28.